The summed E-state index contributed by atoms with van der Waals surface area (Å²) in [6.07, 6.45) is 4.92. The van der Waals surface area contributed by atoms with Gasteiger partial charge in [-0.1, -0.05) is 47.7 Å². The summed E-state index contributed by atoms with van der Waals surface area (Å²) in [5.41, 5.74) is 4.63. The lowest BCUT2D eigenvalue weighted by Crippen LogP contribution is -2.74. The molecular weight excluding hydrogens is 799 g/mol. The van der Waals surface area contributed by atoms with Crippen molar-refractivity contribution in [2.24, 2.45) is 5.92 Å². The number of rotatable bonds is 15. The molecule has 0 bridgehead atoms. The summed E-state index contributed by atoms with van der Waals surface area (Å²) >= 11 is 3.04. The van der Waals surface area contributed by atoms with E-state index in [1.165, 1.54) is 29.7 Å². The number of nitrogens with zero attached hydrogens (tertiary/aromatic N) is 6. The molecule has 1 atom stereocenters. The van der Waals surface area contributed by atoms with Crippen LogP contribution in [0.4, 0.5) is 16.6 Å². The molecule has 0 fully saturated rings. The normalized spacial score (nSPS) is 13.1. The molecule has 0 saturated heterocycles. The topological polar surface area (TPSA) is 219 Å². The number of amides is 2. The second-order valence-electron chi connectivity index (χ2n) is 13.9. The molecule has 1 aliphatic heterocycles. The van der Waals surface area contributed by atoms with Gasteiger partial charge in [0.15, 0.2) is 10.8 Å². The summed E-state index contributed by atoms with van der Waals surface area (Å²) in [5.74, 6) is 0.254. The fourth-order valence-electron chi connectivity index (χ4n) is 6.54. The lowest BCUT2D eigenvalue weighted by molar-refractivity contribution is -0.826. The van der Waals surface area contributed by atoms with E-state index < -0.39 is 15.9 Å². The first-order valence-corrected chi connectivity index (χ1v) is 21.6. The van der Waals surface area contributed by atoms with Crippen LogP contribution in [0.3, 0.4) is 0 Å². The Morgan fingerprint density at radius 1 is 1.00 bits per heavy atom. The molecule has 0 spiro atoms. The van der Waals surface area contributed by atoms with Crippen LogP contribution >= 0.6 is 23.1 Å². The number of carbonyl (C=O) groups is 2. The molecule has 302 valence electrons. The summed E-state index contributed by atoms with van der Waals surface area (Å²) in [6, 6.07) is 25.5. The molecule has 5 heterocycles. The van der Waals surface area contributed by atoms with Gasteiger partial charge in [-0.05, 0) is 99.4 Å². The number of aromatic nitrogens is 4. The highest BCUT2D eigenvalue weighted by Crippen LogP contribution is 2.30. The van der Waals surface area contributed by atoms with Crippen LogP contribution in [0.5, 0.6) is 0 Å². The number of fused-ring (bicyclic) bond motifs is 2. The van der Waals surface area contributed by atoms with Crippen molar-refractivity contribution in [2.45, 2.75) is 35.6 Å². The molecule has 6 aromatic rings. The van der Waals surface area contributed by atoms with Crippen molar-refractivity contribution >= 4 is 71.9 Å². The van der Waals surface area contributed by atoms with Gasteiger partial charge in [-0.15, -0.1) is 11.8 Å². The first-order valence-electron chi connectivity index (χ1n) is 18.3. The van der Waals surface area contributed by atoms with Gasteiger partial charge in [-0.25, -0.2) is 33.3 Å². The number of pyridine rings is 3. The maximum absolute atomic E-state index is 13.5. The SMILES string of the molecule is CN(C)CC[C@H](CSc1ccccc1)Cc1ncc(S(=O)(=O)NC(=O)c2cccc(N3CCc4cccc(C(=O)Nc5nc6cccnc6s5)c4C3)n2)cc1[NH2+]O.O. The maximum atomic E-state index is 13.5. The molecule has 0 aliphatic carbocycles. The minimum absolute atomic E-state index is 0. The average Bonchev–Trinajstić information content (AvgIpc) is 3.64. The zero-order chi connectivity index (χ0) is 39.9. The van der Waals surface area contributed by atoms with E-state index in [4.69, 9.17) is 0 Å². The van der Waals surface area contributed by atoms with E-state index in [2.05, 4.69) is 47.0 Å². The third-order valence-corrected chi connectivity index (χ3v) is 13.0. The fourth-order valence-corrected chi connectivity index (χ4v) is 9.35. The van der Waals surface area contributed by atoms with E-state index in [9.17, 15) is 23.2 Å². The highest BCUT2D eigenvalue weighted by Gasteiger charge is 2.27. The predicted octanol–water partition coefficient (Wildman–Crippen LogP) is 4.08. The Kier molecular flexibility index (Phi) is 13.8. The summed E-state index contributed by atoms with van der Waals surface area (Å²) in [6.45, 7) is 1.77. The van der Waals surface area contributed by atoms with Crippen molar-refractivity contribution in [3.8, 4) is 0 Å². The Morgan fingerprint density at radius 2 is 1.81 bits per heavy atom. The molecule has 4 aromatic heterocycles. The van der Waals surface area contributed by atoms with Crippen molar-refractivity contribution in [3.05, 3.63) is 125 Å². The Balaban J connectivity index is 0.00000567. The molecule has 0 radical (unpaired) electrons. The zero-order valence-electron chi connectivity index (χ0n) is 31.8. The molecule has 7 rings (SSSR count). The summed E-state index contributed by atoms with van der Waals surface area (Å²) in [5, 5.41) is 13.5. The molecule has 0 saturated carbocycles. The van der Waals surface area contributed by atoms with Crippen LogP contribution in [-0.4, -0.2) is 88.7 Å². The third kappa shape index (κ3) is 10.2. The summed E-state index contributed by atoms with van der Waals surface area (Å²) < 4.78 is 29.1. The number of nitrogens with one attached hydrogen (secondary N) is 2. The number of hydrogen-bond acceptors (Lipinski definition) is 13. The van der Waals surface area contributed by atoms with Crippen molar-refractivity contribution in [1.82, 2.24) is 29.6 Å². The molecular formula is C40H44N9O6S3+. The highest BCUT2D eigenvalue weighted by molar-refractivity contribution is 7.99. The van der Waals surface area contributed by atoms with Crippen LogP contribution in [0.1, 0.15) is 44.1 Å². The molecule has 18 heteroatoms. The van der Waals surface area contributed by atoms with Crippen LogP contribution in [0.25, 0.3) is 10.3 Å². The maximum Gasteiger partial charge on any atom is 0.283 e. The number of thiazole rings is 1. The van der Waals surface area contributed by atoms with Gasteiger partial charge in [0.05, 0.1) is 0 Å². The van der Waals surface area contributed by atoms with E-state index in [0.717, 1.165) is 45.1 Å². The largest absolute Gasteiger partial charge is 0.412 e. The second-order valence-corrected chi connectivity index (χ2v) is 17.6. The van der Waals surface area contributed by atoms with E-state index in [0.29, 0.717) is 53.7 Å². The van der Waals surface area contributed by atoms with E-state index in [-0.39, 0.29) is 33.6 Å². The molecule has 1 aliphatic rings. The van der Waals surface area contributed by atoms with Gasteiger partial charge in [-0.2, -0.15) is 5.48 Å². The minimum Gasteiger partial charge on any atom is -0.412 e. The molecule has 7 N–H and O–H groups in total. The van der Waals surface area contributed by atoms with Gasteiger partial charge < -0.3 is 15.3 Å². The number of nitrogens with two attached hydrogens (primary N) is 1. The first-order chi connectivity index (χ1) is 27.6. The van der Waals surface area contributed by atoms with Crippen LogP contribution in [0, 0.1) is 5.92 Å². The van der Waals surface area contributed by atoms with Gasteiger partial charge in [0.25, 0.3) is 21.8 Å². The quantitative estimate of drug-likeness (QED) is 0.0850. The van der Waals surface area contributed by atoms with Crippen LogP contribution in [0.15, 0.2) is 107 Å². The standard InChI is InChI=1S/C40H41N9O5S3.H2O/c1-48(2)19-16-26(25-55-28-10-4-3-5-11-28)21-34-35(46-52)22-29(23-42-34)57(53,54)47-38(51)32-13-7-15-36(43-32)49-20-17-27-9-6-12-30(31(27)24-49)37(50)45-40-44-33-14-8-18-41-39(33)56-40;/h3-15,18,22-23,26,46,52H,16-17,19-21,24-25H2,1-2H3,(H,47,51)(H,44,45,50);1H2/p+1/t26-;/m0./s1. The van der Waals surface area contributed by atoms with Gasteiger partial charge in [0.2, 0.25) is 0 Å². The van der Waals surface area contributed by atoms with E-state index in [1.807, 2.05) is 55.4 Å². The van der Waals surface area contributed by atoms with Crippen molar-refractivity contribution in [3.63, 3.8) is 0 Å². The van der Waals surface area contributed by atoms with Gasteiger partial charge in [-0.3, -0.25) is 19.9 Å². The Labute approximate surface area is 344 Å². The smallest absolute Gasteiger partial charge is 0.283 e. The van der Waals surface area contributed by atoms with Crippen LogP contribution in [0.2, 0.25) is 0 Å². The van der Waals surface area contributed by atoms with Crippen LogP contribution in [-0.2, 0) is 29.4 Å². The molecule has 0 unspecified atom stereocenters. The Morgan fingerprint density at radius 3 is 2.59 bits per heavy atom. The zero-order valence-corrected chi connectivity index (χ0v) is 34.3. The number of thioether (sulfide) groups is 1. The number of anilines is 2. The first kappa shape index (κ1) is 42.3. The van der Waals surface area contributed by atoms with Crippen molar-refractivity contribution in [1.29, 1.82) is 0 Å². The van der Waals surface area contributed by atoms with Gasteiger partial charge in [0.1, 0.15) is 32.4 Å². The molecule has 2 amide bonds. The van der Waals surface area contributed by atoms with Crippen molar-refractivity contribution < 1.29 is 34.2 Å². The second kappa shape index (κ2) is 18.9. The Bertz CT molecular complexity index is 2470. The molecule has 15 nitrogen and oxygen atoms in total. The predicted molar refractivity (Wildman–Crippen MR) is 224 cm³/mol. The molecule has 58 heavy (non-hydrogen) atoms. The highest BCUT2D eigenvalue weighted by atomic mass is 32.2. The number of sulfonamides is 1. The summed E-state index contributed by atoms with van der Waals surface area (Å²) in [7, 11) is -0.359. The monoisotopic (exact) mass is 842 g/mol. The number of benzene rings is 2. The lowest BCUT2D eigenvalue weighted by Gasteiger charge is -2.31. The number of carbonyl (C=O) groups excluding carboxylic acids is 2. The fraction of sp³-hybridized carbons (Fsp3) is 0.250. The Hall–Kier alpha value is -5.34. The average molecular weight is 843 g/mol. The van der Waals surface area contributed by atoms with Gasteiger partial charge >= 0.3 is 0 Å². The summed E-state index contributed by atoms with van der Waals surface area (Å²) in [4.78, 5) is 50.4. The van der Waals surface area contributed by atoms with E-state index in [1.54, 1.807) is 42.2 Å². The number of hydrogen-bond donors (Lipinski definition) is 4. The lowest BCUT2D eigenvalue weighted by atomic mass is 9.94. The van der Waals surface area contributed by atoms with Gasteiger partial charge in [0, 0.05) is 47.8 Å². The minimum atomic E-state index is -4.39. The van der Waals surface area contributed by atoms with Crippen LogP contribution < -0.4 is 20.4 Å². The number of quaternary nitrogens is 1. The van der Waals surface area contributed by atoms with Crippen molar-refractivity contribution in [2.75, 3.05) is 43.2 Å². The third-order valence-electron chi connectivity index (χ3n) is 9.55. The van der Waals surface area contributed by atoms with E-state index >= 15 is 0 Å². The molecule has 2 aromatic carbocycles.